The van der Waals surface area contributed by atoms with Crippen molar-refractivity contribution in [1.82, 2.24) is 0 Å². The fourth-order valence-corrected chi connectivity index (χ4v) is 4.03. The summed E-state index contributed by atoms with van der Waals surface area (Å²) in [5, 5.41) is 11.4. The number of aryl methyl sites for hydroxylation is 1. The van der Waals surface area contributed by atoms with Crippen molar-refractivity contribution < 1.29 is 14.5 Å². The molecule has 1 aliphatic heterocycles. The van der Waals surface area contributed by atoms with Gasteiger partial charge in [0.15, 0.2) is 5.78 Å². The summed E-state index contributed by atoms with van der Waals surface area (Å²) in [6.45, 7) is 4.31. The van der Waals surface area contributed by atoms with Crippen molar-refractivity contribution in [2.24, 2.45) is 0 Å². The van der Waals surface area contributed by atoms with Crippen LogP contribution in [0.4, 0.5) is 10.7 Å². The van der Waals surface area contributed by atoms with Crippen LogP contribution in [0.5, 0.6) is 0 Å². The SMILES string of the molecule is Cc1sc2c(c1C)C(=O)CCCN2C(=O)c1ccc([N+](=O)[O-])cc1. The summed E-state index contributed by atoms with van der Waals surface area (Å²) in [6.07, 6.45) is 1.03. The number of carbonyl (C=O) groups excluding carboxylic acids is 2. The predicted molar refractivity (Wildman–Crippen MR) is 92.1 cm³/mol. The monoisotopic (exact) mass is 344 g/mol. The number of benzene rings is 1. The van der Waals surface area contributed by atoms with Crippen LogP contribution >= 0.6 is 11.3 Å². The van der Waals surface area contributed by atoms with Gasteiger partial charge in [-0.1, -0.05) is 0 Å². The number of rotatable bonds is 2. The van der Waals surface area contributed by atoms with E-state index < -0.39 is 4.92 Å². The molecule has 0 radical (unpaired) electrons. The van der Waals surface area contributed by atoms with Crippen molar-refractivity contribution >= 4 is 33.7 Å². The minimum atomic E-state index is -0.497. The van der Waals surface area contributed by atoms with Gasteiger partial charge < -0.3 is 0 Å². The third kappa shape index (κ3) is 2.71. The van der Waals surface area contributed by atoms with Gasteiger partial charge in [0.25, 0.3) is 11.6 Å². The summed E-state index contributed by atoms with van der Waals surface area (Å²) in [7, 11) is 0. The van der Waals surface area contributed by atoms with E-state index in [2.05, 4.69) is 0 Å². The summed E-state index contributed by atoms with van der Waals surface area (Å²) >= 11 is 1.45. The van der Waals surface area contributed by atoms with Gasteiger partial charge in [0, 0.05) is 35.5 Å². The highest BCUT2D eigenvalue weighted by Gasteiger charge is 2.30. The lowest BCUT2D eigenvalue weighted by molar-refractivity contribution is -0.384. The smallest absolute Gasteiger partial charge is 0.269 e. The molecular weight excluding hydrogens is 328 g/mol. The van der Waals surface area contributed by atoms with Gasteiger partial charge in [0.05, 0.1) is 10.5 Å². The molecule has 2 heterocycles. The zero-order chi connectivity index (χ0) is 17.4. The quantitative estimate of drug-likeness (QED) is 0.611. The Labute approximate surface area is 142 Å². The summed E-state index contributed by atoms with van der Waals surface area (Å²) in [4.78, 5) is 38.1. The molecule has 0 bridgehead atoms. The third-order valence-electron chi connectivity index (χ3n) is 4.25. The van der Waals surface area contributed by atoms with Crippen LogP contribution < -0.4 is 4.90 Å². The Morgan fingerprint density at radius 1 is 1.25 bits per heavy atom. The van der Waals surface area contributed by atoms with Crippen LogP contribution in [0, 0.1) is 24.0 Å². The number of nitro groups is 1. The molecule has 24 heavy (non-hydrogen) atoms. The number of nitro benzene ring substituents is 1. The van der Waals surface area contributed by atoms with Crippen LogP contribution in [0.2, 0.25) is 0 Å². The Morgan fingerprint density at radius 3 is 2.54 bits per heavy atom. The van der Waals surface area contributed by atoms with Crippen LogP contribution in [0.3, 0.4) is 0 Å². The number of thiophene rings is 1. The molecule has 0 N–H and O–H groups in total. The standard InChI is InChI=1S/C17H16N2O4S/c1-10-11(2)24-17-15(10)14(20)4-3-9-18(17)16(21)12-5-7-13(8-6-12)19(22)23/h5-8H,3-4,9H2,1-2H3. The van der Waals surface area contributed by atoms with Crippen molar-refractivity contribution in [3.63, 3.8) is 0 Å². The van der Waals surface area contributed by atoms with Crippen LogP contribution in [-0.4, -0.2) is 23.2 Å². The maximum absolute atomic E-state index is 12.9. The van der Waals surface area contributed by atoms with Crippen molar-refractivity contribution in [2.75, 3.05) is 11.4 Å². The van der Waals surface area contributed by atoms with E-state index in [1.54, 1.807) is 4.90 Å². The highest BCUT2D eigenvalue weighted by molar-refractivity contribution is 7.17. The predicted octanol–water partition coefficient (Wildman–Crippen LogP) is 3.90. The summed E-state index contributed by atoms with van der Waals surface area (Å²) in [6, 6.07) is 5.56. The molecule has 1 amide bonds. The molecule has 1 aliphatic rings. The minimum absolute atomic E-state index is 0.0545. The van der Waals surface area contributed by atoms with Gasteiger partial charge in [-0.15, -0.1) is 11.3 Å². The largest absolute Gasteiger partial charge is 0.299 e. The molecule has 0 saturated heterocycles. The Balaban J connectivity index is 2.00. The van der Waals surface area contributed by atoms with Crippen LogP contribution in [0.1, 0.15) is 44.0 Å². The molecule has 3 rings (SSSR count). The molecule has 124 valence electrons. The van der Waals surface area contributed by atoms with E-state index in [1.807, 2.05) is 13.8 Å². The first-order chi connectivity index (χ1) is 11.4. The van der Waals surface area contributed by atoms with E-state index in [0.29, 0.717) is 35.5 Å². The number of carbonyl (C=O) groups is 2. The van der Waals surface area contributed by atoms with Gasteiger partial charge in [0.2, 0.25) is 0 Å². The highest BCUT2D eigenvalue weighted by atomic mass is 32.1. The Kier molecular flexibility index (Phi) is 4.19. The molecule has 1 aromatic heterocycles. The number of non-ortho nitro benzene ring substituents is 1. The molecule has 0 unspecified atom stereocenters. The molecule has 6 nitrogen and oxygen atoms in total. The van der Waals surface area contributed by atoms with Gasteiger partial charge in [0.1, 0.15) is 5.00 Å². The summed E-state index contributed by atoms with van der Waals surface area (Å²) in [5.41, 5.74) is 1.90. The van der Waals surface area contributed by atoms with Crippen LogP contribution in [-0.2, 0) is 0 Å². The second-order valence-corrected chi connectivity index (χ2v) is 6.95. The zero-order valence-electron chi connectivity index (χ0n) is 13.4. The number of Topliss-reactive ketones (excluding diaryl/α,β-unsaturated/α-hetero) is 1. The van der Waals surface area contributed by atoms with Gasteiger partial charge in [-0.05, 0) is 38.0 Å². The van der Waals surface area contributed by atoms with Gasteiger partial charge in [-0.25, -0.2) is 0 Å². The second-order valence-electron chi connectivity index (χ2n) is 5.75. The number of fused-ring (bicyclic) bond motifs is 1. The average Bonchev–Trinajstić information content (AvgIpc) is 2.75. The van der Waals surface area contributed by atoms with Crippen LogP contribution in [0.15, 0.2) is 24.3 Å². The lowest BCUT2D eigenvalue weighted by Gasteiger charge is -2.20. The zero-order valence-corrected chi connectivity index (χ0v) is 14.2. The van der Waals surface area contributed by atoms with Crippen molar-refractivity contribution in [1.29, 1.82) is 0 Å². The first kappa shape index (κ1) is 16.3. The Morgan fingerprint density at radius 2 is 1.92 bits per heavy atom. The number of amides is 1. The van der Waals surface area contributed by atoms with Crippen molar-refractivity contribution in [2.45, 2.75) is 26.7 Å². The molecule has 0 saturated carbocycles. The molecule has 0 spiro atoms. The first-order valence-corrected chi connectivity index (χ1v) is 8.41. The maximum Gasteiger partial charge on any atom is 0.269 e. The molecule has 0 atom stereocenters. The normalized spacial score (nSPS) is 14.2. The highest BCUT2D eigenvalue weighted by Crippen LogP contribution is 2.39. The topological polar surface area (TPSA) is 80.5 Å². The number of hydrogen-bond acceptors (Lipinski definition) is 5. The first-order valence-electron chi connectivity index (χ1n) is 7.59. The van der Waals surface area contributed by atoms with E-state index in [0.717, 1.165) is 10.4 Å². The number of anilines is 1. The molecule has 7 heteroatoms. The maximum atomic E-state index is 12.9. The third-order valence-corrected chi connectivity index (χ3v) is 5.48. The van der Waals surface area contributed by atoms with Crippen molar-refractivity contribution in [3.8, 4) is 0 Å². The number of ketones is 1. The minimum Gasteiger partial charge on any atom is -0.299 e. The van der Waals surface area contributed by atoms with E-state index in [4.69, 9.17) is 0 Å². The van der Waals surface area contributed by atoms with E-state index in [9.17, 15) is 19.7 Å². The van der Waals surface area contributed by atoms with E-state index >= 15 is 0 Å². The molecule has 0 fully saturated rings. The van der Waals surface area contributed by atoms with Crippen LogP contribution in [0.25, 0.3) is 0 Å². The average molecular weight is 344 g/mol. The fourth-order valence-electron chi connectivity index (χ4n) is 2.83. The fraction of sp³-hybridized carbons (Fsp3) is 0.294. The Hall–Kier alpha value is -2.54. The molecule has 2 aromatic rings. The number of nitrogens with zero attached hydrogens (tertiary/aromatic N) is 2. The van der Waals surface area contributed by atoms with E-state index in [-0.39, 0.29) is 17.4 Å². The van der Waals surface area contributed by atoms with Gasteiger partial charge >= 0.3 is 0 Å². The molecular formula is C17H16N2O4S. The van der Waals surface area contributed by atoms with Gasteiger partial charge in [-0.3, -0.25) is 24.6 Å². The lowest BCUT2D eigenvalue weighted by Crippen LogP contribution is -2.31. The summed E-state index contributed by atoms with van der Waals surface area (Å²) in [5.74, 6) is -0.159. The molecule has 0 aliphatic carbocycles. The Bertz CT molecular complexity index is 839. The van der Waals surface area contributed by atoms with Gasteiger partial charge in [-0.2, -0.15) is 0 Å². The lowest BCUT2D eigenvalue weighted by atomic mass is 10.1. The summed E-state index contributed by atoms with van der Waals surface area (Å²) < 4.78 is 0. The molecule has 1 aromatic carbocycles. The van der Waals surface area contributed by atoms with Crippen molar-refractivity contribution in [3.05, 3.63) is 55.9 Å². The number of hydrogen-bond donors (Lipinski definition) is 0. The van der Waals surface area contributed by atoms with E-state index in [1.165, 1.54) is 35.6 Å². The second kappa shape index (κ2) is 6.16.